The highest BCUT2D eigenvalue weighted by atomic mass is 19.1. The summed E-state index contributed by atoms with van der Waals surface area (Å²) in [6.45, 7) is 0.0406. The second-order valence-electron chi connectivity index (χ2n) is 4.44. The number of hydrogen-bond donors (Lipinski definition) is 2. The molecule has 0 heterocycles. The van der Waals surface area contributed by atoms with Crippen molar-refractivity contribution in [2.24, 2.45) is 0 Å². The Labute approximate surface area is 127 Å². The summed E-state index contributed by atoms with van der Waals surface area (Å²) in [4.78, 5) is 23.5. The van der Waals surface area contributed by atoms with Crippen LogP contribution >= 0.6 is 0 Å². The van der Waals surface area contributed by atoms with Crippen molar-refractivity contribution < 1.29 is 18.7 Å². The van der Waals surface area contributed by atoms with Gasteiger partial charge in [-0.25, -0.2) is 14.0 Å². The van der Waals surface area contributed by atoms with Crippen LogP contribution in [0.1, 0.15) is 15.9 Å². The lowest BCUT2D eigenvalue weighted by Crippen LogP contribution is -2.29. The molecule has 0 saturated heterocycles. The zero-order valence-corrected chi connectivity index (χ0v) is 11.9. The molecule has 22 heavy (non-hydrogen) atoms. The molecule has 2 amide bonds. The first-order chi connectivity index (χ1) is 10.6. The Hall–Kier alpha value is -2.89. The predicted molar refractivity (Wildman–Crippen MR) is 80.0 cm³/mol. The van der Waals surface area contributed by atoms with Crippen molar-refractivity contribution in [2.75, 3.05) is 12.4 Å². The third kappa shape index (κ3) is 3.82. The van der Waals surface area contributed by atoms with Crippen LogP contribution in [0.15, 0.2) is 48.5 Å². The number of methoxy groups -OCH3 is 1. The zero-order chi connectivity index (χ0) is 15.9. The first-order valence-corrected chi connectivity index (χ1v) is 6.57. The van der Waals surface area contributed by atoms with Crippen LogP contribution in [0.4, 0.5) is 14.9 Å². The SMILES string of the molecule is COC(=O)c1ccccc1NC(=O)NCc1ccccc1F. The monoisotopic (exact) mass is 302 g/mol. The molecule has 0 atom stereocenters. The molecule has 0 aliphatic carbocycles. The van der Waals surface area contributed by atoms with Crippen molar-refractivity contribution >= 4 is 17.7 Å². The molecule has 114 valence electrons. The number of nitrogens with one attached hydrogen (secondary N) is 2. The van der Waals surface area contributed by atoms with E-state index in [1.165, 1.54) is 19.2 Å². The largest absolute Gasteiger partial charge is 0.465 e. The van der Waals surface area contributed by atoms with Gasteiger partial charge in [-0.2, -0.15) is 0 Å². The topological polar surface area (TPSA) is 67.4 Å². The molecule has 2 rings (SSSR count). The summed E-state index contributed by atoms with van der Waals surface area (Å²) in [5.41, 5.74) is 0.935. The lowest BCUT2D eigenvalue weighted by Gasteiger charge is -2.11. The van der Waals surface area contributed by atoms with E-state index in [4.69, 9.17) is 0 Å². The van der Waals surface area contributed by atoms with Gasteiger partial charge in [0.15, 0.2) is 0 Å². The summed E-state index contributed by atoms with van der Waals surface area (Å²) in [5, 5.41) is 5.07. The lowest BCUT2D eigenvalue weighted by atomic mass is 10.2. The first-order valence-electron chi connectivity index (χ1n) is 6.57. The van der Waals surface area contributed by atoms with Crippen LogP contribution in [-0.2, 0) is 11.3 Å². The van der Waals surface area contributed by atoms with Gasteiger partial charge in [0.1, 0.15) is 5.82 Å². The number of para-hydroxylation sites is 1. The highest BCUT2D eigenvalue weighted by molar-refractivity contribution is 6.00. The van der Waals surface area contributed by atoms with E-state index in [0.29, 0.717) is 11.3 Å². The van der Waals surface area contributed by atoms with E-state index in [2.05, 4.69) is 15.4 Å². The lowest BCUT2D eigenvalue weighted by molar-refractivity contribution is 0.0602. The number of esters is 1. The minimum Gasteiger partial charge on any atom is -0.465 e. The molecule has 6 heteroatoms. The second-order valence-corrected chi connectivity index (χ2v) is 4.44. The summed E-state index contributed by atoms with van der Waals surface area (Å²) >= 11 is 0. The van der Waals surface area contributed by atoms with Gasteiger partial charge in [-0.05, 0) is 18.2 Å². The molecule has 0 aliphatic rings. The number of carbonyl (C=O) groups is 2. The Morgan fingerprint density at radius 1 is 1.09 bits per heavy atom. The Morgan fingerprint density at radius 2 is 1.77 bits per heavy atom. The fourth-order valence-electron chi connectivity index (χ4n) is 1.86. The highest BCUT2D eigenvalue weighted by Gasteiger charge is 2.13. The molecule has 0 radical (unpaired) electrons. The average molecular weight is 302 g/mol. The van der Waals surface area contributed by atoms with Crippen LogP contribution in [0.5, 0.6) is 0 Å². The molecule has 2 aromatic rings. The number of rotatable bonds is 4. The van der Waals surface area contributed by atoms with Crippen LogP contribution in [0.3, 0.4) is 0 Å². The number of carbonyl (C=O) groups excluding carboxylic acids is 2. The molecule has 2 aromatic carbocycles. The van der Waals surface area contributed by atoms with Gasteiger partial charge in [-0.1, -0.05) is 30.3 Å². The van der Waals surface area contributed by atoms with E-state index in [9.17, 15) is 14.0 Å². The standard InChI is InChI=1S/C16H15FN2O3/c1-22-15(20)12-7-3-5-9-14(12)19-16(21)18-10-11-6-2-4-8-13(11)17/h2-9H,10H2,1H3,(H2,18,19,21). The molecule has 0 fully saturated rings. The fourth-order valence-corrected chi connectivity index (χ4v) is 1.86. The normalized spacial score (nSPS) is 9.91. The molecule has 0 unspecified atom stereocenters. The smallest absolute Gasteiger partial charge is 0.339 e. The Balaban J connectivity index is 2.01. The molecule has 0 aromatic heterocycles. The number of amides is 2. The van der Waals surface area contributed by atoms with E-state index in [-0.39, 0.29) is 12.1 Å². The number of urea groups is 1. The average Bonchev–Trinajstić information content (AvgIpc) is 2.54. The molecule has 2 N–H and O–H groups in total. The van der Waals surface area contributed by atoms with Gasteiger partial charge in [0.2, 0.25) is 0 Å². The number of ether oxygens (including phenoxy) is 1. The van der Waals surface area contributed by atoms with Gasteiger partial charge in [-0.15, -0.1) is 0 Å². The van der Waals surface area contributed by atoms with Crippen LogP contribution in [0.2, 0.25) is 0 Å². The second kappa shape index (κ2) is 7.21. The minimum atomic E-state index is -0.551. The zero-order valence-electron chi connectivity index (χ0n) is 11.9. The van der Waals surface area contributed by atoms with Crippen LogP contribution < -0.4 is 10.6 Å². The Bertz CT molecular complexity index is 689. The number of halogens is 1. The van der Waals surface area contributed by atoms with Gasteiger partial charge >= 0.3 is 12.0 Å². The fraction of sp³-hybridized carbons (Fsp3) is 0.125. The summed E-state index contributed by atoms with van der Waals surface area (Å²) in [6, 6.07) is 12.1. The van der Waals surface area contributed by atoms with Crippen LogP contribution in [0.25, 0.3) is 0 Å². The third-order valence-corrected chi connectivity index (χ3v) is 2.98. The molecule has 0 spiro atoms. The molecular formula is C16H15FN2O3. The summed E-state index contributed by atoms with van der Waals surface area (Å²) < 4.78 is 18.1. The number of benzene rings is 2. The molecule has 0 bridgehead atoms. The van der Waals surface area contributed by atoms with E-state index < -0.39 is 17.8 Å². The van der Waals surface area contributed by atoms with E-state index in [1.54, 1.807) is 36.4 Å². The number of anilines is 1. The van der Waals surface area contributed by atoms with Gasteiger partial charge in [0.25, 0.3) is 0 Å². The van der Waals surface area contributed by atoms with E-state index in [0.717, 1.165) is 0 Å². The van der Waals surface area contributed by atoms with Gasteiger partial charge in [0.05, 0.1) is 18.4 Å². The molecule has 0 aliphatic heterocycles. The van der Waals surface area contributed by atoms with Gasteiger partial charge in [0, 0.05) is 12.1 Å². The van der Waals surface area contributed by atoms with E-state index in [1.807, 2.05) is 0 Å². The quantitative estimate of drug-likeness (QED) is 0.853. The highest BCUT2D eigenvalue weighted by Crippen LogP contribution is 2.16. The van der Waals surface area contributed by atoms with Crippen molar-refractivity contribution in [1.82, 2.24) is 5.32 Å². The number of hydrogen-bond acceptors (Lipinski definition) is 3. The van der Waals surface area contributed by atoms with Crippen LogP contribution in [-0.4, -0.2) is 19.1 Å². The summed E-state index contributed by atoms with van der Waals surface area (Å²) in [7, 11) is 1.26. The van der Waals surface area contributed by atoms with Crippen molar-refractivity contribution in [1.29, 1.82) is 0 Å². The van der Waals surface area contributed by atoms with Gasteiger partial charge < -0.3 is 15.4 Å². The Morgan fingerprint density at radius 3 is 2.50 bits per heavy atom. The summed E-state index contributed by atoms with van der Waals surface area (Å²) in [5.74, 6) is -0.942. The van der Waals surface area contributed by atoms with Gasteiger partial charge in [-0.3, -0.25) is 0 Å². The molecule has 0 saturated carbocycles. The predicted octanol–water partition coefficient (Wildman–Crippen LogP) is 2.93. The maximum Gasteiger partial charge on any atom is 0.339 e. The molecule has 5 nitrogen and oxygen atoms in total. The third-order valence-electron chi connectivity index (χ3n) is 2.98. The maximum atomic E-state index is 13.4. The molecular weight excluding hydrogens is 287 g/mol. The van der Waals surface area contributed by atoms with Crippen molar-refractivity contribution in [3.05, 3.63) is 65.5 Å². The van der Waals surface area contributed by atoms with Crippen molar-refractivity contribution in [3.8, 4) is 0 Å². The Kier molecular flexibility index (Phi) is 5.08. The van der Waals surface area contributed by atoms with Crippen molar-refractivity contribution in [2.45, 2.75) is 6.54 Å². The first kappa shape index (κ1) is 15.5. The summed E-state index contributed by atoms with van der Waals surface area (Å²) in [6.07, 6.45) is 0. The van der Waals surface area contributed by atoms with Crippen molar-refractivity contribution in [3.63, 3.8) is 0 Å². The van der Waals surface area contributed by atoms with E-state index >= 15 is 0 Å². The maximum absolute atomic E-state index is 13.4. The van der Waals surface area contributed by atoms with Crippen LogP contribution in [0, 0.1) is 5.82 Å². The minimum absolute atomic E-state index is 0.0406.